The molecule has 1 unspecified atom stereocenters. The van der Waals surface area contributed by atoms with Crippen LogP contribution < -0.4 is 10.2 Å². The molecule has 2 aliphatic heterocycles. The third kappa shape index (κ3) is 3.28. The largest absolute Gasteiger partial charge is 0.383 e. The van der Waals surface area contributed by atoms with E-state index in [1.165, 1.54) is 11.3 Å². The Morgan fingerprint density at radius 2 is 2.15 bits per heavy atom. The molecule has 5 heterocycles. The molecule has 6 rings (SSSR count). The summed E-state index contributed by atoms with van der Waals surface area (Å²) in [6, 6.07) is 6.27. The van der Waals surface area contributed by atoms with Crippen LogP contribution in [0.1, 0.15) is 16.6 Å². The molecule has 1 N–H and O–H groups in total. The summed E-state index contributed by atoms with van der Waals surface area (Å²) < 4.78 is 6.29. The van der Waals surface area contributed by atoms with E-state index in [1.807, 2.05) is 21.9 Å². The van der Waals surface area contributed by atoms with Crippen molar-refractivity contribution in [2.45, 2.75) is 19.0 Å². The topological polar surface area (TPSA) is 96.1 Å². The van der Waals surface area contributed by atoms with E-state index in [4.69, 9.17) is 26.3 Å². The molecule has 0 spiro atoms. The molecule has 11 heteroatoms. The van der Waals surface area contributed by atoms with E-state index < -0.39 is 0 Å². The molecule has 3 aromatic heterocycles. The molecule has 2 atom stereocenters. The first-order valence-electron chi connectivity index (χ1n) is 10.6. The molecule has 1 amide bonds. The molecular formula is C22H20ClN7O2S. The maximum absolute atomic E-state index is 13.0. The highest BCUT2D eigenvalue weighted by Crippen LogP contribution is 2.45. The van der Waals surface area contributed by atoms with Crippen molar-refractivity contribution in [2.24, 2.45) is 0 Å². The molecule has 4 aromatic rings. The average Bonchev–Trinajstić information content (AvgIpc) is 3.35. The van der Waals surface area contributed by atoms with Crippen LogP contribution in [0.15, 0.2) is 30.6 Å². The average molecular weight is 482 g/mol. The quantitative estimate of drug-likeness (QED) is 0.340. The van der Waals surface area contributed by atoms with Crippen LogP contribution in [0.2, 0.25) is 5.28 Å². The summed E-state index contributed by atoms with van der Waals surface area (Å²) in [5, 5.41) is 4.62. The number of nitrogens with zero attached hydrogens (tertiary/aromatic N) is 6. The summed E-state index contributed by atoms with van der Waals surface area (Å²) in [7, 11) is 1.64. The van der Waals surface area contributed by atoms with E-state index in [2.05, 4.69) is 22.2 Å². The lowest BCUT2D eigenvalue weighted by Gasteiger charge is -2.22. The Hall–Kier alpha value is -3.08. The lowest BCUT2D eigenvalue weighted by Crippen LogP contribution is -2.24. The Bertz CT molecular complexity index is 1410. The second-order valence-corrected chi connectivity index (χ2v) is 9.46. The molecule has 0 bridgehead atoms. The van der Waals surface area contributed by atoms with Crippen molar-refractivity contribution >= 4 is 67.3 Å². The minimum absolute atomic E-state index is 0.0952. The van der Waals surface area contributed by atoms with E-state index in [9.17, 15) is 4.79 Å². The zero-order chi connectivity index (χ0) is 22.7. The molecule has 0 aliphatic carbocycles. The van der Waals surface area contributed by atoms with Crippen LogP contribution in [-0.4, -0.2) is 69.6 Å². The summed E-state index contributed by atoms with van der Waals surface area (Å²) in [6.07, 6.45) is 3.33. The van der Waals surface area contributed by atoms with Gasteiger partial charge in [0.25, 0.3) is 5.91 Å². The maximum Gasteiger partial charge on any atom is 0.266 e. The molecule has 1 aromatic carbocycles. The molecule has 168 valence electrons. The predicted molar refractivity (Wildman–Crippen MR) is 129 cm³/mol. The van der Waals surface area contributed by atoms with Crippen LogP contribution in [-0.2, 0) is 4.74 Å². The van der Waals surface area contributed by atoms with E-state index >= 15 is 0 Å². The lowest BCUT2D eigenvalue weighted by molar-refractivity contribution is 0.0875. The smallest absolute Gasteiger partial charge is 0.266 e. The number of hydrogen-bond acceptors (Lipinski definition) is 9. The van der Waals surface area contributed by atoms with Crippen molar-refractivity contribution in [3.05, 3.63) is 40.8 Å². The number of methoxy groups -OCH3 is 1. The summed E-state index contributed by atoms with van der Waals surface area (Å²) in [5.74, 6) is 1.33. The Morgan fingerprint density at radius 1 is 1.27 bits per heavy atom. The summed E-state index contributed by atoms with van der Waals surface area (Å²) in [4.78, 5) is 35.6. The number of amides is 1. The van der Waals surface area contributed by atoms with E-state index in [0.717, 1.165) is 38.2 Å². The van der Waals surface area contributed by atoms with Crippen molar-refractivity contribution in [3.8, 4) is 0 Å². The molecule has 33 heavy (non-hydrogen) atoms. The molecule has 9 nitrogen and oxygen atoms in total. The second kappa shape index (κ2) is 7.75. The van der Waals surface area contributed by atoms with Crippen molar-refractivity contribution < 1.29 is 9.53 Å². The van der Waals surface area contributed by atoms with Gasteiger partial charge in [0.05, 0.1) is 41.6 Å². The van der Waals surface area contributed by atoms with Crippen LogP contribution in [0.5, 0.6) is 0 Å². The van der Waals surface area contributed by atoms with Crippen LogP contribution in [0, 0.1) is 0 Å². The number of thiophene rings is 1. The van der Waals surface area contributed by atoms with Crippen LogP contribution in [0.25, 0.3) is 21.1 Å². The van der Waals surface area contributed by atoms with Gasteiger partial charge in [-0.25, -0.2) is 19.9 Å². The number of aromatic nitrogens is 4. The highest BCUT2D eigenvalue weighted by Gasteiger charge is 2.50. The van der Waals surface area contributed by atoms with Gasteiger partial charge in [0.15, 0.2) is 5.82 Å². The van der Waals surface area contributed by atoms with E-state index in [0.29, 0.717) is 24.8 Å². The van der Waals surface area contributed by atoms with Gasteiger partial charge in [-0.3, -0.25) is 4.79 Å². The molecule has 1 saturated heterocycles. The number of ether oxygens (including phenoxy) is 1. The monoisotopic (exact) mass is 481 g/mol. The van der Waals surface area contributed by atoms with Gasteiger partial charge in [0.2, 0.25) is 5.28 Å². The van der Waals surface area contributed by atoms with Gasteiger partial charge in [-0.15, -0.1) is 11.3 Å². The zero-order valence-electron chi connectivity index (χ0n) is 17.9. The van der Waals surface area contributed by atoms with Gasteiger partial charge in [-0.1, -0.05) is 0 Å². The molecule has 0 saturated carbocycles. The Labute approximate surface area is 198 Å². The van der Waals surface area contributed by atoms with Crippen molar-refractivity contribution in [1.82, 2.24) is 24.8 Å². The molecule has 1 fully saturated rings. The highest BCUT2D eigenvalue weighted by molar-refractivity contribution is 7.21. The first kappa shape index (κ1) is 20.5. The Morgan fingerprint density at radius 3 is 2.97 bits per heavy atom. The maximum atomic E-state index is 13.0. The minimum atomic E-state index is 0.0952. The molecule has 0 radical (unpaired) electrons. The second-order valence-electron chi connectivity index (χ2n) is 8.07. The SMILES string of the molecule is COCCN(c1ccnc(Cl)n1)c1cnc2c(ccc3sc4c(c32)NCC2[C@@H](C)N2C4=O)n1. The number of nitrogens with one attached hydrogen (secondary N) is 1. The number of fused-ring (bicyclic) bond motifs is 6. The number of hydrogen-bond donors (Lipinski definition) is 1. The normalized spacial score (nSPS) is 19.2. The zero-order valence-corrected chi connectivity index (χ0v) is 19.5. The van der Waals surface area contributed by atoms with Crippen molar-refractivity contribution in [1.29, 1.82) is 0 Å². The fourth-order valence-electron chi connectivity index (χ4n) is 4.45. The van der Waals surface area contributed by atoms with Gasteiger partial charge in [-0.2, -0.15) is 0 Å². The lowest BCUT2D eigenvalue weighted by atomic mass is 10.1. The number of rotatable bonds is 5. The third-order valence-electron chi connectivity index (χ3n) is 6.22. The summed E-state index contributed by atoms with van der Waals surface area (Å²) in [5.41, 5.74) is 2.37. The number of carbonyl (C=O) groups excluding carboxylic acids is 1. The first-order valence-corrected chi connectivity index (χ1v) is 11.8. The highest BCUT2D eigenvalue weighted by atomic mass is 35.5. The van der Waals surface area contributed by atoms with E-state index in [1.54, 1.807) is 25.6 Å². The third-order valence-corrected chi connectivity index (χ3v) is 7.54. The fraction of sp³-hybridized carbons (Fsp3) is 0.318. The predicted octanol–water partition coefficient (Wildman–Crippen LogP) is 3.71. The Kier molecular flexibility index (Phi) is 4.82. The van der Waals surface area contributed by atoms with Crippen molar-refractivity contribution in [3.63, 3.8) is 0 Å². The Balaban J connectivity index is 1.46. The number of carbonyl (C=O) groups is 1. The van der Waals surface area contributed by atoms with Gasteiger partial charge in [0, 0.05) is 36.5 Å². The summed E-state index contributed by atoms with van der Waals surface area (Å²) >= 11 is 7.53. The minimum Gasteiger partial charge on any atom is -0.383 e. The molecule has 2 aliphatic rings. The van der Waals surface area contributed by atoms with Gasteiger partial charge >= 0.3 is 0 Å². The number of anilines is 3. The van der Waals surface area contributed by atoms with Crippen LogP contribution in [0.3, 0.4) is 0 Å². The number of benzene rings is 1. The fourth-order valence-corrected chi connectivity index (χ4v) is 5.72. The van der Waals surface area contributed by atoms with Gasteiger partial charge < -0.3 is 19.9 Å². The van der Waals surface area contributed by atoms with Crippen molar-refractivity contribution in [2.75, 3.05) is 37.0 Å². The summed E-state index contributed by atoms with van der Waals surface area (Å²) in [6.45, 7) is 3.82. The van der Waals surface area contributed by atoms with Crippen LogP contribution in [0.4, 0.5) is 17.3 Å². The van der Waals surface area contributed by atoms with Gasteiger partial charge in [-0.05, 0) is 36.7 Å². The first-order chi connectivity index (χ1) is 16.1. The van der Waals surface area contributed by atoms with Gasteiger partial charge in [0.1, 0.15) is 10.7 Å². The number of halogens is 1. The van der Waals surface area contributed by atoms with E-state index in [-0.39, 0.29) is 23.3 Å². The standard InChI is InChI=1S/C22H20ClN7O2S/c1-11-13-9-25-19-17-14(33-20(19)21(31)30(11)13)4-3-12-18(17)26-10-16(27-12)29(7-8-32-2)15-5-6-24-22(23)28-15/h3-6,10-11,13,25H,7-9H2,1-2H3/t11-,13?,30?/m1/s1. The molecular weight excluding hydrogens is 462 g/mol. The van der Waals surface area contributed by atoms with Crippen LogP contribution >= 0.6 is 22.9 Å².